The first-order valence-electron chi connectivity index (χ1n) is 6.83. The minimum Gasteiger partial charge on any atom is -0.312 e. The van der Waals surface area contributed by atoms with E-state index in [0.717, 1.165) is 18.5 Å². The Labute approximate surface area is 100 Å². The van der Waals surface area contributed by atoms with Gasteiger partial charge in [-0.05, 0) is 39.3 Å². The van der Waals surface area contributed by atoms with E-state index in [1.54, 1.807) is 0 Å². The molecule has 1 aliphatic carbocycles. The van der Waals surface area contributed by atoms with E-state index in [9.17, 15) is 0 Å². The third kappa shape index (κ3) is 3.19. The molecule has 1 N–H and O–H groups in total. The third-order valence-electron chi connectivity index (χ3n) is 4.23. The van der Waals surface area contributed by atoms with Gasteiger partial charge in [0.1, 0.15) is 0 Å². The normalized spacial score (nSPS) is 30.6. The van der Waals surface area contributed by atoms with Crippen LogP contribution < -0.4 is 5.32 Å². The maximum Gasteiger partial charge on any atom is 0.0345 e. The Bertz CT molecular complexity index is 215. The first-order chi connectivity index (χ1) is 7.70. The Balaban J connectivity index is 1.74. The molecule has 0 aromatic heterocycles. The van der Waals surface area contributed by atoms with Crippen molar-refractivity contribution >= 4 is 0 Å². The molecular weight excluding hydrogens is 198 g/mol. The summed E-state index contributed by atoms with van der Waals surface area (Å²) in [5.74, 6) is 0.983. The summed E-state index contributed by atoms with van der Waals surface area (Å²) in [4.78, 5) is 4.96. The lowest BCUT2D eigenvalue weighted by molar-refractivity contribution is 0.110. The first kappa shape index (κ1) is 12.3. The van der Waals surface area contributed by atoms with E-state index in [4.69, 9.17) is 0 Å². The quantitative estimate of drug-likeness (QED) is 0.753. The molecule has 3 heteroatoms. The van der Waals surface area contributed by atoms with Crippen molar-refractivity contribution in [3.63, 3.8) is 0 Å². The van der Waals surface area contributed by atoms with Crippen molar-refractivity contribution in [1.82, 2.24) is 15.1 Å². The summed E-state index contributed by atoms with van der Waals surface area (Å²) in [6.45, 7) is 7.11. The molecule has 0 amide bonds. The number of hydrogen-bond donors (Lipinski definition) is 1. The lowest BCUT2D eigenvalue weighted by atomic mass is 10.1. The van der Waals surface area contributed by atoms with Gasteiger partial charge in [-0.15, -0.1) is 0 Å². The van der Waals surface area contributed by atoms with Gasteiger partial charge < -0.3 is 10.2 Å². The Hall–Kier alpha value is -0.120. The topological polar surface area (TPSA) is 18.5 Å². The van der Waals surface area contributed by atoms with Crippen LogP contribution in [0.2, 0.25) is 0 Å². The fourth-order valence-electron chi connectivity index (χ4n) is 2.75. The molecule has 1 saturated carbocycles. The van der Waals surface area contributed by atoms with Gasteiger partial charge >= 0.3 is 0 Å². The molecule has 0 aromatic rings. The number of hydrogen-bond acceptors (Lipinski definition) is 3. The Morgan fingerprint density at radius 3 is 2.62 bits per heavy atom. The number of rotatable bonds is 5. The SMILES string of the molecule is CCC(NCC1CN(C)CCN1C)C1CC1. The van der Waals surface area contributed by atoms with Crippen molar-refractivity contribution in [2.45, 2.75) is 38.3 Å². The molecule has 1 aliphatic heterocycles. The number of likely N-dealkylation sites (N-methyl/N-ethyl adjacent to an activating group) is 2. The van der Waals surface area contributed by atoms with Gasteiger partial charge in [0.25, 0.3) is 0 Å². The first-order valence-corrected chi connectivity index (χ1v) is 6.83. The molecule has 0 aromatic carbocycles. The zero-order chi connectivity index (χ0) is 11.5. The Morgan fingerprint density at radius 1 is 1.25 bits per heavy atom. The molecular formula is C13H27N3. The summed E-state index contributed by atoms with van der Waals surface area (Å²) in [5.41, 5.74) is 0. The van der Waals surface area contributed by atoms with Gasteiger partial charge in [0, 0.05) is 38.3 Å². The van der Waals surface area contributed by atoms with E-state index in [1.165, 1.54) is 38.9 Å². The second-order valence-electron chi connectivity index (χ2n) is 5.66. The van der Waals surface area contributed by atoms with Crippen molar-refractivity contribution in [2.75, 3.05) is 40.3 Å². The smallest absolute Gasteiger partial charge is 0.0345 e. The van der Waals surface area contributed by atoms with Crippen molar-refractivity contribution < 1.29 is 0 Å². The van der Waals surface area contributed by atoms with Gasteiger partial charge in [-0.25, -0.2) is 0 Å². The van der Waals surface area contributed by atoms with Crippen LogP contribution in [0.15, 0.2) is 0 Å². The fraction of sp³-hybridized carbons (Fsp3) is 1.00. The van der Waals surface area contributed by atoms with Crippen LogP contribution in [-0.4, -0.2) is 62.2 Å². The van der Waals surface area contributed by atoms with E-state index in [2.05, 4.69) is 36.1 Å². The molecule has 2 fully saturated rings. The van der Waals surface area contributed by atoms with E-state index >= 15 is 0 Å². The molecule has 2 atom stereocenters. The largest absolute Gasteiger partial charge is 0.312 e. The van der Waals surface area contributed by atoms with E-state index in [-0.39, 0.29) is 0 Å². The maximum atomic E-state index is 3.78. The highest BCUT2D eigenvalue weighted by atomic mass is 15.3. The molecule has 0 bridgehead atoms. The van der Waals surface area contributed by atoms with Crippen molar-refractivity contribution in [3.8, 4) is 0 Å². The summed E-state index contributed by atoms with van der Waals surface area (Å²) in [6, 6.07) is 1.48. The van der Waals surface area contributed by atoms with Gasteiger partial charge in [0.05, 0.1) is 0 Å². The zero-order valence-corrected chi connectivity index (χ0v) is 11.1. The van der Waals surface area contributed by atoms with Gasteiger partial charge in [-0.3, -0.25) is 4.90 Å². The predicted octanol–water partition coefficient (Wildman–Crippen LogP) is 1.01. The van der Waals surface area contributed by atoms with Crippen molar-refractivity contribution in [3.05, 3.63) is 0 Å². The minimum atomic E-state index is 0.701. The molecule has 0 radical (unpaired) electrons. The van der Waals surface area contributed by atoms with Crippen LogP contribution in [-0.2, 0) is 0 Å². The average molecular weight is 225 g/mol. The number of nitrogens with zero attached hydrogens (tertiary/aromatic N) is 2. The van der Waals surface area contributed by atoms with Gasteiger partial charge in [-0.1, -0.05) is 6.92 Å². The summed E-state index contributed by atoms with van der Waals surface area (Å²) < 4.78 is 0. The van der Waals surface area contributed by atoms with Crippen LogP contribution in [0.25, 0.3) is 0 Å². The Kier molecular flexibility index (Phi) is 4.22. The fourth-order valence-corrected chi connectivity index (χ4v) is 2.75. The average Bonchev–Trinajstić information content (AvgIpc) is 3.08. The van der Waals surface area contributed by atoms with E-state index in [0.29, 0.717) is 6.04 Å². The zero-order valence-electron chi connectivity index (χ0n) is 11.1. The van der Waals surface area contributed by atoms with Gasteiger partial charge in [0.15, 0.2) is 0 Å². The highest BCUT2D eigenvalue weighted by Gasteiger charge is 2.30. The molecule has 16 heavy (non-hydrogen) atoms. The highest BCUT2D eigenvalue weighted by molar-refractivity contribution is 4.88. The van der Waals surface area contributed by atoms with E-state index < -0.39 is 0 Å². The van der Waals surface area contributed by atoms with E-state index in [1.807, 2.05) is 0 Å². The summed E-state index contributed by atoms with van der Waals surface area (Å²) in [5, 5.41) is 3.78. The van der Waals surface area contributed by atoms with Crippen molar-refractivity contribution in [2.24, 2.45) is 5.92 Å². The monoisotopic (exact) mass is 225 g/mol. The number of nitrogens with one attached hydrogen (secondary N) is 1. The van der Waals surface area contributed by atoms with Crippen LogP contribution in [0, 0.1) is 5.92 Å². The molecule has 2 rings (SSSR count). The summed E-state index contributed by atoms with van der Waals surface area (Å²) >= 11 is 0. The molecule has 3 nitrogen and oxygen atoms in total. The van der Waals surface area contributed by atoms with Crippen molar-refractivity contribution in [1.29, 1.82) is 0 Å². The van der Waals surface area contributed by atoms with Gasteiger partial charge in [0.2, 0.25) is 0 Å². The predicted molar refractivity (Wildman–Crippen MR) is 68.7 cm³/mol. The van der Waals surface area contributed by atoms with Crippen LogP contribution >= 0.6 is 0 Å². The standard InChI is InChI=1S/C13H27N3/c1-4-13(11-5-6-11)14-9-12-10-15(2)7-8-16(12)3/h11-14H,4-10H2,1-3H3. The lowest BCUT2D eigenvalue weighted by Crippen LogP contribution is -2.54. The highest BCUT2D eigenvalue weighted by Crippen LogP contribution is 2.33. The summed E-state index contributed by atoms with van der Waals surface area (Å²) in [7, 11) is 4.50. The van der Waals surface area contributed by atoms with Crippen LogP contribution in [0.3, 0.4) is 0 Å². The molecule has 1 saturated heterocycles. The van der Waals surface area contributed by atoms with Crippen LogP contribution in [0.1, 0.15) is 26.2 Å². The second kappa shape index (κ2) is 5.48. The molecule has 1 heterocycles. The maximum absolute atomic E-state index is 3.78. The molecule has 0 spiro atoms. The van der Waals surface area contributed by atoms with Crippen LogP contribution in [0.4, 0.5) is 0 Å². The molecule has 2 aliphatic rings. The third-order valence-corrected chi connectivity index (χ3v) is 4.23. The lowest BCUT2D eigenvalue weighted by Gasteiger charge is -2.38. The summed E-state index contributed by atoms with van der Waals surface area (Å²) in [6.07, 6.45) is 4.19. The second-order valence-corrected chi connectivity index (χ2v) is 5.66. The minimum absolute atomic E-state index is 0.701. The number of piperazine rings is 1. The Morgan fingerprint density at radius 2 is 2.00 bits per heavy atom. The van der Waals surface area contributed by atoms with Crippen LogP contribution in [0.5, 0.6) is 0 Å². The van der Waals surface area contributed by atoms with Gasteiger partial charge in [-0.2, -0.15) is 0 Å². The molecule has 94 valence electrons. The molecule has 2 unspecified atom stereocenters.